The number of ether oxygens (including phenoxy) is 1. The third kappa shape index (κ3) is 4.12. The molecule has 3 aromatic heterocycles. The van der Waals surface area contributed by atoms with Crippen LogP contribution in [0.2, 0.25) is 0 Å². The second-order valence-electron chi connectivity index (χ2n) is 7.13. The number of hydrogen-bond acceptors (Lipinski definition) is 8. The molecule has 10 nitrogen and oxygen atoms in total. The van der Waals surface area contributed by atoms with Crippen molar-refractivity contribution in [2.24, 2.45) is 0 Å². The highest BCUT2D eigenvalue weighted by atomic mass is 19.1. The number of amides is 1. The number of carbonyl (C=O) groups is 1. The zero-order valence-corrected chi connectivity index (χ0v) is 18.1. The molecule has 0 bridgehead atoms. The fourth-order valence-electron chi connectivity index (χ4n) is 3.45. The molecule has 3 heterocycles. The number of nitrogen functional groups attached to an aromatic ring is 1. The standard InChI is InChI=1S/C23H19FN8O2/c1-14(11-25)23(33)31(16-6-4-3-5-7-16)8-9-32-21-18(20(26)28-13-29-21)19(30-32)15-10-17(24)22(34-2)27-12-15/h3-7,10,12-13H,1,8-9H2,2H3,(H2,26,28,29). The van der Waals surface area contributed by atoms with Crippen molar-refractivity contribution < 1.29 is 13.9 Å². The van der Waals surface area contributed by atoms with Gasteiger partial charge < -0.3 is 15.4 Å². The minimum atomic E-state index is -0.658. The van der Waals surface area contributed by atoms with Crippen molar-refractivity contribution in [3.63, 3.8) is 0 Å². The molecule has 0 aliphatic heterocycles. The van der Waals surface area contributed by atoms with E-state index in [2.05, 4.69) is 26.6 Å². The van der Waals surface area contributed by atoms with Crippen molar-refractivity contribution in [3.05, 3.63) is 66.9 Å². The van der Waals surface area contributed by atoms with Crippen LogP contribution in [0.3, 0.4) is 0 Å². The van der Waals surface area contributed by atoms with Gasteiger partial charge in [0.15, 0.2) is 11.5 Å². The largest absolute Gasteiger partial charge is 0.479 e. The number of benzene rings is 1. The number of halogens is 1. The number of fused-ring (bicyclic) bond motifs is 1. The van der Waals surface area contributed by atoms with Gasteiger partial charge in [-0.2, -0.15) is 10.4 Å². The summed E-state index contributed by atoms with van der Waals surface area (Å²) in [6.45, 7) is 3.88. The lowest BCUT2D eigenvalue weighted by molar-refractivity contribution is -0.114. The summed E-state index contributed by atoms with van der Waals surface area (Å²) in [6.07, 6.45) is 2.71. The first-order chi connectivity index (χ1) is 16.4. The van der Waals surface area contributed by atoms with E-state index in [1.165, 1.54) is 30.6 Å². The van der Waals surface area contributed by atoms with Crippen molar-refractivity contribution in [3.8, 4) is 23.2 Å². The minimum absolute atomic E-state index is 0.147. The molecule has 1 aromatic carbocycles. The Bertz CT molecular complexity index is 1430. The number of aromatic nitrogens is 5. The van der Waals surface area contributed by atoms with Gasteiger partial charge in [0.25, 0.3) is 5.91 Å². The van der Waals surface area contributed by atoms with Crippen LogP contribution in [0.25, 0.3) is 22.3 Å². The third-order valence-corrected chi connectivity index (χ3v) is 5.07. The Morgan fingerprint density at radius 2 is 2.06 bits per heavy atom. The zero-order valence-electron chi connectivity index (χ0n) is 18.1. The van der Waals surface area contributed by atoms with Gasteiger partial charge in [0.05, 0.1) is 19.0 Å². The van der Waals surface area contributed by atoms with Crippen LogP contribution in [0.15, 0.2) is 61.1 Å². The Morgan fingerprint density at radius 3 is 2.74 bits per heavy atom. The van der Waals surface area contributed by atoms with Crippen LogP contribution in [0.4, 0.5) is 15.9 Å². The first kappa shape index (κ1) is 22.3. The molecular formula is C23H19FN8O2. The molecule has 0 saturated carbocycles. The molecule has 4 aromatic rings. The van der Waals surface area contributed by atoms with Gasteiger partial charge in [-0.3, -0.25) is 4.79 Å². The summed E-state index contributed by atoms with van der Waals surface area (Å²) >= 11 is 0. The Balaban J connectivity index is 1.74. The SMILES string of the molecule is C=C(C#N)C(=O)N(CCn1nc(-c2cnc(OC)c(F)c2)c2c(N)ncnc21)c1ccccc1. The normalized spacial score (nSPS) is 10.6. The summed E-state index contributed by atoms with van der Waals surface area (Å²) in [5, 5.41) is 14.1. The number of rotatable bonds is 7. The lowest BCUT2D eigenvalue weighted by Crippen LogP contribution is -2.34. The predicted octanol–water partition coefficient (Wildman–Crippen LogP) is 2.73. The van der Waals surface area contributed by atoms with Gasteiger partial charge in [0, 0.05) is 24.0 Å². The van der Waals surface area contributed by atoms with E-state index in [1.54, 1.807) is 35.0 Å². The van der Waals surface area contributed by atoms with E-state index in [-0.39, 0.29) is 30.4 Å². The van der Waals surface area contributed by atoms with Gasteiger partial charge in [-0.15, -0.1) is 0 Å². The molecule has 11 heteroatoms. The van der Waals surface area contributed by atoms with E-state index in [0.717, 1.165) is 0 Å². The molecule has 0 spiro atoms. The first-order valence-electron chi connectivity index (χ1n) is 10.1. The Hall–Kier alpha value is -4.85. The van der Waals surface area contributed by atoms with Crippen LogP contribution in [0.1, 0.15) is 0 Å². The summed E-state index contributed by atoms with van der Waals surface area (Å²) in [5.74, 6) is -1.17. The van der Waals surface area contributed by atoms with E-state index in [9.17, 15) is 9.18 Å². The number of anilines is 2. The van der Waals surface area contributed by atoms with Gasteiger partial charge >= 0.3 is 0 Å². The Morgan fingerprint density at radius 1 is 1.29 bits per heavy atom. The lowest BCUT2D eigenvalue weighted by Gasteiger charge is -2.22. The topological polar surface area (TPSA) is 136 Å². The van der Waals surface area contributed by atoms with Crippen LogP contribution in [0.5, 0.6) is 5.88 Å². The highest BCUT2D eigenvalue weighted by molar-refractivity contribution is 6.07. The van der Waals surface area contributed by atoms with Crippen LogP contribution in [-0.4, -0.2) is 44.3 Å². The molecule has 0 aliphatic carbocycles. The molecule has 0 saturated heterocycles. The number of methoxy groups -OCH3 is 1. The predicted molar refractivity (Wildman–Crippen MR) is 123 cm³/mol. The average molecular weight is 458 g/mol. The summed E-state index contributed by atoms with van der Waals surface area (Å²) in [7, 11) is 1.32. The number of pyridine rings is 1. The number of para-hydroxylation sites is 1. The molecule has 0 fully saturated rings. The maximum Gasteiger partial charge on any atom is 0.268 e. The molecular weight excluding hydrogens is 439 g/mol. The lowest BCUT2D eigenvalue weighted by atomic mass is 10.1. The molecule has 4 rings (SSSR count). The Labute approximate surface area is 193 Å². The van der Waals surface area contributed by atoms with Gasteiger partial charge in [0.2, 0.25) is 5.88 Å². The molecule has 1 amide bonds. The highest BCUT2D eigenvalue weighted by Crippen LogP contribution is 2.31. The van der Waals surface area contributed by atoms with Crippen molar-refractivity contribution in [1.82, 2.24) is 24.7 Å². The quantitative estimate of drug-likeness (QED) is 0.330. The van der Waals surface area contributed by atoms with Gasteiger partial charge in [-0.05, 0) is 18.2 Å². The van der Waals surface area contributed by atoms with Gasteiger partial charge in [-0.1, -0.05) is 24.8 Å². The molecule has 0 radical (unpaired) electrons. The zero-order chi connectivity index (χ0) is 24.2. The van der Waals surface area contributed by atoms with Crippen molar-refractivity contribution in [2.75, 3.05) is 24.3 Å². The molecule has 0 atom stereocenters. The number of nitrogens with zero attached hydrogens (tertiary/aromatic N) is 7. The second-order valence-corrected chi connectivity index (χ2v) is 7.13. The summed E-state index contributed by atoms with van der Waals surface area (Å²) in [4.78, 5) is 26.5. The van der Waals surface area contributed by atoms with Crippen LogP contribution >= 0.6 is 0 Å². The highest BCUT2D eigenvalue weighted by Gasteiger charge is 2.22. The van der Waals surface area contributed by atoms with E-state index in [0.29, 0.717) is 28.0 Å². The van der Waals surface area contributed by atoms with E-state index in [1.807, 2.05) is 6.07 Å². The Kier molecular flexibility index (Phi) is 6.13. The monoisotopic (exact) mass is 458 g/mol. The molecule has 2 N–H and O–H groups in total. The van der Waals surface area contributed by atoms with E-state index < -0.39 is 11.7 Å². The summed E-state index contributed by atoms with van der Waals surface area (Å²) in [5.41, 5.74) is 7.59. The van der Waals surface area contributed by atoms with Crippen molar-refractivity contribution in [1.29, 1.82) is 5.26 Å². The number of nitriles is 1. The maximum atomic E-state index is 14.3. The van der Waals surface area contributed by atoms with Crippen molar-refractivity contribution >= 4 is 28.4 Å². The fraction of sp³-hybridized carbons (Fsp3) is 0.130. The average Bonchev–Trinajstić information content (AvgIpc) is 3.24. The third-order valence-electron chi connectivity index (χ3n) is 5.07. The molecule has 0 aliphatic rings. The fourth-order valence-corrected chi connectivity index (χ4v) is 3.45. The first-order valence-corrected chi connectivity index (χ1v) is 10.1. The van der Waals surface area contributed by atoms with Gasteiger partial charge in [0.1, 0.15) is 29.5 Å². The van der Waals surface area contributed by atoms with Crippen LogP contribution < -0.4 is 15.4 Å². The van der Waals surface area contributed by atoms with E-state index >= 15 is 0 Å². The number of carbonyl (C=O) groups excluding carboxylic acids is 1. The maximum absolute atomic E-state index is 14.3. The molecule has 0 unspecified atom stereocenters. The second kappa shape index (κ2) is 9.33. The summed E-state index contributed by atoms with van der Waals surface area (Å²) in [6, 6.07) is 11.9. The number of hydrogen-bond donors (Lipinski definition) is 1. The summed E-state index contributed by atoms with van der Waals surface area (Å²) < 4.78 is 20.7. The molecule has 34 heavy (non-hydrogen) atoms. The minimum Gasteiger partial charge on any atom is -0.479 e. The smallest absolute Gasteiger partial charge is 0.268 e. The van der Waals surface area contributed by atoms with E-state index in [4.69, 9.17) is 15.7 Å². The molecule has 170 valence electrons. The van der Waals surface area contributed by atoms with Crippen LogP contribution in [0, 0.1) is 17.1 Å². The van der Waals surface area contributed by atoms with Crippen molar-refractivity contribution in [2.45, 2.75) is 6.54 Å². The van der Waals surface area contributed by atoms with Gasteiger partial charge in [-0.25, -0.2) is 24.0 Å². The van der Waals surface area contributed by atoms with Crippen LogP contribution in [-0.2, 0) is 11.3 Å². The number of nitrogens with two attached hydrogens (primary N) is 1.